The maximum atomic E-state index is 13.2. The fraction of sp³-hybridized carbons (Fsp3) is 0.500. The molecule has 2 aromatic rings. The van der Waals surface area contributed by atoms with E-state index in [0.29, 0.717) is 50.6 Å². The molecule has 0 radical (unpaired) electrons. The molecular weight excluding hydrogens is 493 g/mol. The number of amides is 1. The fourth-order valence-corrected chi connectivity index (χ4v) is 7.28. The molecule has 0 aromatic heterocycles. The largest absolute Gasteiger partial charge is 0.508 e. The molecule has 1 amide bonds. The average molecular weight is 529 g/mol. The fourth-order valence-electron chi connectivity index (χ4n) is 7.28. The Labute approximate surface area is 221 Å². The number of phenolic OH excluding ortho intramolecular Hbond substituents is 1. The van der Waals surface area contributed by atoms with E-state index >= 15 is 0 Å². The number of piperidine rings is 1. The lowest BCUT2D eigenvalue weighted by Gasteiger charge is -2.65. The minimum Gasteiger partial charge on any atom is -0.508 e. The van der Waals surface area contributed by atoms with E-state index in [0.717, 1.165) is 29.8 Å². The van der Waals surface area contributed by atoms with Crippen LogP contribution in [0.4, 0.5) is 13.2 Å². The summed E-state index contributed by atoms with van der Waals surface area (Å²) in [5.41, 5.74) is 0.552. The number of nitrogens with zero attached hydrogens (tertiary/aromatic N) is 2. The summed E-state index contributed by atoms with van der Waals surface area (Å²) in [6.07, 6.45) is 1.27. The van der Waals surface area contributed by atoms with Crippen LogP contribution in [0.1, 0.15) is 54.4 Å². The summed E-state index contributed by atoms with van der Waals surface area (Å²) < 4.78 is 38.6. The van der Waals surface area contributed by atoms with Crippen molar-refractivity contribution in [2.45, 2.75) is 74.2 Å². The first-order chi connectivity index (χ1) is 18.0. The SMILES string of the molecule is C=CCN1CC[C@]23CC(N(C)C(=O)CCc4ccc(C(F)(F)F)cc4)CC[C@@]2(O)[C@H]1Cc1ccc(O)cc13. The lowest BCUT2D eigenvalue weighted by Crippen LogP contribution is -2.74. The highest BCUT2D eigenvalue weighted by Gasteiger charge is 2.64. The number of halogens is 3. The summed E-state index contributed by atoms with van der Waals surface area (Å²) in [6, 6.07) is 10.3. The van der Waals surface area contributed by atoms with Crippen LogP contribution in [0, 0.1) is 0 Å². The molecule has 1 saturated carbocycles. The maximum absolute atomic E-state index is 13.2. The predicted octanol–water partition coefficient (Wildman–Crippen LogP) is 4.84. The third kappa shape index (κ3) is 4.41. The Morgan fingerprint density at radius 1 is 1.21 bits per heavy atom. The van der Waals surface area contributed by atoms with Crippen LogP contribution in [-0.2, 0) is 29.2 Å². The highest BCUT2D eigenvalue weighted by molar-refractivity contribution is 5.76. The highest BCUT2D eigenvalue weighted by atomic mass is 19.4. The second-order valence-corrected chi connectivity index (χ2v) is 11.2. The lowest BCUT2D eigenvalue weighted by atomic mass is 9.48. The number of likely N-dealkylation sites (tertiary alicyclic amines) is 1. The van der Waals surface area contributed by atoms with Crippen molar-refractivity contribution < 1.29 is 28.2 Å². The van der Waals surface area contributed by atoms with E-state index in [1.807, 2.05) is 12.1 Å². The molecule has 5 rings (SSSR count). The highest BCUT2D eigenvalue weighted by Crippen LogP contribution is 2.59. The minimum absolute atomic E-state index is 0.0621. The summed E-state index contributed by atoms with van der Waals surface area (Å²) in [7, 11) is 1.79. The monoisotopic (exact) mass is 528 g/mol. The van der Waals surface area contributed by atoms with Crippen molar-refractivity contribution in [3.05, 3.63) is 77.4 Å². The topological polar surface area (TPSA) is 64.0 Å². The standard InChI is InChI=1S/C30H35F3N2O3/c1-3-15-35-16-14-28-19-23(12-13-29(28,38)26(35)17-21-7-10-24(36)18-25(21)28)34(2)27(37)11-6-20-4-8-22(9-5-20)30(31,32)33/h3-5,7-10,18,23,26,36,38H,1,6,11-17,19H2,2H3/t23?,26-,28-,29-/m1/s1. The molecular formula is C30H35F3N2O3. The van der Waals surface area contributed by atoms with E-state index in [1.54, 1.807) is 24.1 Å². The van der Waals surface area contributed by atoms with Gasteiger partial charge in [0.1, 0.15) is 5.75 Å². The van der Waals surface area contributed by atoms with Gasteiger partial charge in [-0.15, -0.1) is 6.58 Å². The van der Waals surface area contributed by atoms with Gasteiger partial charge in [0.15, 0.2) is 0 Å². The molecule has 1 heterocycles. The summed E-state index contributed by atoms with van der Waals surface area (Å²) in [5, 5.41) is 22.7. The van der Waals surface area contributed by atoms with Gasteiger partial charge in [0, 0.05) is 37.5 Å². The van der Waals surface area contributed by atoms with Crippen LogP contribution in [-0.4, -0.2) is 63.7 Å². The van der Waals surface area contributed by atoms with E-state index < -0.39 is 22.8 Å². The van der Waals surface area contributed by atoms with E-state index in [9.17, 15) is 28.2 Å². The molecule has 2 aliphatic carbocycles. The quantitative estimate of drug-likeness (QED) is 0.527. The zero-order valence-electron chi connectivity index (χ0n) is 21.7. The number of aryl methyl sites for hydroxylation is 1. The van der Waals surface area contributed by atoms with Gasteiger partial charge in [-0.25, -0.2) is 0 Å². The van der Waals surface area contributed by atoms with Gasteiger partial charge >= 0.3 is 6.18 Å². The first kappa shape index (κ1) is 26.8. The molecule has 1 saturated heterocycles. The van der Waals surface area contributed by atoms with Crippen molar-refractivity contribution in [2.24, 2.45) is 0 Å². The first-order valence-electron chi connectivity index (χ1n) is 13.3. The van der Waals surface area contributed by atoms with Gasteiger partial charge in [0.25, 0.3) is 0 Å². The number of carbonyl (C=O) groups excluding carboxylic acids is 1. The van der Waals surface area contributed by atoms with Crippen molar-refractivity contribution in [3.63, 3.8) is 0 Å². The average Bonchev–Trinajstić information content (AvgIpc) is 2.88. The van der Waals surface area contributed by atoms with Crippen molar-refractivity contribution in [2.75, 3.05) is 20.1 Å². The lowest BCUT2D eigenvalue weighted by molar-refractivity contribution is -0.176. The zero-order valence-corrected chi connectivity index (χ0v) is 21.7. The Kier molecular flexibility index (Phi) is 6.84. The Hall–Kier alpha value is -2.84. The molecule has 8 heteroatoms. The van der Waals surface area contributed by atoms with Crippen molar-refractivity contribution in [1.82, 2.24) is 9.80 Å². The van der Waals surface area contributed by atoms with Gasteiger partial charge in [0.05, 0.1) is 11.2 Å². The van der Waals surface area contributed by atoms with Crippen LogP contribution >= 0.6 is 0 Å². The van der Waals surface area contributed by atoms with Gasteiger partial charge < -0.3 is 15.1 Å². The van der Waals surface area contributed by atoms with Crippen molar-refractivity contribution in [3.8, 4) is 5.75 Å². The first-order valence-corrected chi connectivity index (χ1v) is 13.3. The summed E-state index contributed by atoms with van der Waals surface area (Å²) in [4.78, 5) is 17.3. The Balaban J connectivity index is 1.35. The number of rotatable bonds is 6. The molecule has 2 fully saturated rings. The van der Waals surface area contributed by atoms with Gasteiger partial charge in [0.2, 0.25) is 5.91 Å². The number of hydrogen-bond donors (Lipinski definition) is 2. The molecule has 1 aliphatic heterocycles. The Bertz CT molecular complexity index is 1210. The Morgan fingerprint density at radius 3 is 2.63 bits per heavy atom. The van der Waals surface area contributed by atoms with Crippen LogP contribution in [0.25, 0.3) is 0 Å². The minimum atomic E-state index is -4.38. The van der Waals surface area contributed by atoms with Crippen molar-refractivity contribution >= 4 is 5.91 Å². The number of aromatic hydroxyl groups is 1. The van der Waals surface area contributed by atoms with Gasteiger partial charge in [-0.05, 0) is 86.0 Å². The second-order valence-electron chi connectivity index (χ2n) is 11.2. The van der Waals surface area contributed by atoms with Crippen molar-refractivity contribution in [1.29, 1.82) is 0 Å². The van der Waals surface area contributed by atoms with E-state index in [4.69, 9.17) is 0 Å². The molecule has 0 spiro atoms. The third-order valence-electron chi connectivity index (χ3n) is 9.33. The third-order valence-corrected chi connectivity index (χ3v) is 9.33. The van der Waals surface area contributed by atoms with Crippen LogP contribution < -0.4 is 0 Å². The zero-order chi connectivity index (χ0) is 27.3. The number of fused-ring (bicyclic) bond motifs is 1. The molecule has 3 aliphatic rings. The number of carbonyl (C=O) groups is 1. The summed E-state index contributed by atoms with van der Waals surface area (Å²) in [6.45, 7) is 5.39. The van der Waals surface area contributed by atoms with Crippen LogP contribution in [0.2, 0.25) is 0 Å². The van der Waals surface area contributed by atoms with Gasteiger partial charge in [-0.2, -0.15) is 13.2 Å². The molecule has 2 aromatic carbocycles. The number of alkyl halides is 3. The van der Waals surface area contributed by atoms with Crippen LogP contribution in [0.5, 0.6) is 5.75 Å². The summed E-state index contributed by atoms with van der Waals surface area (Å²) >= 11 is 0. The summed E-state index contributed by atoms with van der Waals surface area (Å²) in [5.74, 6) is 0.111. The van der Waals surface area contributed by atoms with Crippen LogP contribution in [0.3, 0.4) is 0 Å². The smallest absolute Gasteiger partial charge is 0.416 e. The van der Waals surface area contributed by atoms with E-state index in [-0.39, 0.29) is 30.2 Å². The van der Waals surface area contributed by atoms with Gasteiger partial charge in [-0.1, -0.05) is 24.3 Å². The molecule has 5 nitrogen and oxygen atoms in total. The van der Waals surface area contributed by atoms with E-state index in [2.05, 4.69) is 11.5 Å². The number of aliphatic hydroxyl groups is 1. The predicted molar refractivity (Wildman–Crippen MR) is 139 cm³/mol. The number of hydrogen-bond acceptors (Lipinski definition) is 4. The Morgan fingerprint density at radius 2 is 1.95 bits per heavy atom. The second kappa shape index (κ2) is 9.72. The molecule has 38 heavy (non-hydrogen) atoms. The molecule has 2 N–H and O–H groups in total. The normalized spacial score (nSPS) is 28.8. The molecule has 2 bridgehead atoms. The van der Waals surface area contributed by atoms with Crippen LogP contribution in [0.15, 0.2) is 55.1 Å². The number of benzene rings is 2. The van der Waals surface area contributed by atoms with E-state index in [1.165, 1.54) is 12.1 Å². The maximum Gasteiger partial charge on any atom is 0.416 e. The molecule has 4 atom stereocenters. The number of phenols is 1. The van der Waals surface area contributed by atoms with Gasteiger partial charge in [-0.3, -0.25) is 9.69 Å². The molecule has 1 unspecified atom stereocenters. The molecule has 204 valence electrons.